The molecule has 9 heteroatoms. The summed E-state index contributed by atoms with van der Waals surface area (Å²) in [6, 6.07) is 14.6. The van der Waals surface area contributed by atoms with Crippen molar-refractivity contribution in [1.29, 1.82) is 0 Å². The van der Waals surface area contributed by atoms with E-state index in [-0.39, 0.29) is 16.8 Å². The number of hydrogen-bond donors (Lipinski definition) is 2. The van der Waals surface area contributed by atoms with Gasteiger partial charge < -0.3 is 10.1 Å². The van der Waals surface area contributed by atoms with Crippen LogP contribution in [0.1, 0.15) is 5.56 Å². The summed E-state index contributed by atoms with van der Waals surface area (Å²) in [5.74, 6) is 0.325. The van der Waals surface area contributed by atoms with Crippen molar-refractivity contribution < 1.29 is 17.9 Å². The first-order chi connectivity index (χ1) is 14.0. The molecule has 0 aliphatic carbocycles. The fraction of sp³-hybridized carbons (Fsp3) is 0.0500. The highest BCUT2D eigenvalue weighted by molar-refractivity contribution is 7.92. The quantitative estimate of drug-likeness (QED) is 0.580. The third kappa shape index (κ3) is 5.63. The van der Waals surface area contributed by atoms with Crippen LogP contribution in [0, 0.1) is 0 Å². The molecule has 2 N–H and O–H groups in total. The number of sulfonamides is 1. The molecule has 148 valence electrons. The Balaban J connectivity index is 1.64. The molecule has 0 aliphatic rings. The third-order valence-electron chi connectivity index (χ3n) is 3.74. The normalized spacial score (nSPS) is 11.2. The molecule has 3 rings (SSSR count). The van der Waals surface area contributed by atoms with Crippen LogP contribution in [0.5, 0.6) is 5.75 Å². The zero-order valence-corrected chi connectivity index (χ0v) is 16.3. The minimum atomic E-state index is -3.83. The highest BCUT2D eigenvalue weighted by Crippen LogP contribution is 2.17. The van der Waals surface area contributed by atoms with E-state index in [4.69, 9.17) is 4.74 Å². The van der Waals surface area contributed by atoms with Gasteiger partial charge >= 0.3 is 0 Å². The van der Waals surface area contributed by atoms with Crippen LogP contribution in [0.4, 0.5) is 11.6 Å². The van der Waals surface area contributed by atoms with E-state index in [0.717, 1.165) is 5.56 Å². The lowest BCUT2D eigenvalue weighted by Gasteiger charge is -2.07. The van der Waals surface area contributed by atoms with Crippen molar-refractivity contribution in [1.82, 2.24) is 9.97 Å². The molecule has 1 amide bonds. The number of carbonyl (C=O) groups excluding carboxylic acids is 1. The Morgan fingerprint density at radius 2 is 1.76 bits per heavy atom. The molecule has 1 heterocycles. The van der Waals surface area contributed by atoms with Gasteiger partial charge in [-0.3, -0.25) is 4.79 Å². The smallest absolute Gasteiger partial charge is 0.264 e. The Morgan fingerprint density at radius 1 is 1.03 bits per heavy atom. The molecule has 0 aliphatic heterocycles. The van der Waals surface area contributed by atoms with Crippen molar-refractivity contribution >= 4 is 33.6 Å². The Morgan fingerprint density at radius 3 is 2.45 bits per heavy atom. The average Bonchev–Trinajstić information content (AvgIpc) is 2.73. The third-order valence-corrected chi connectivity index (χ3v) is 5.09. The maximum absolute atomic E-state index is 12.3. The Kier molecular flexibility index (Phi) is 6.20. The van der Waals surface area contributed by atoms with Gasteiger partial charge in [-0.25, -0.2) is 23.1 Å². The van der Waals surface area contributed by atoms with Gasteiger partial charge in [0.05, 0.1) is 12.0 Å². The molecule has 0 atom stereocenters. The average molecular weight is 410 g/mol. The number of amides is 1. The SMILES string of the molecule is COc1cccc(C=CC(=O)Nc2ccc(S(=O)(=O)Nc3ncccn3)cc2)c1. The molecular formula is C20H18N4O4S. The Hall–Kier alpha value is -3.72. The highest BCUT2D eigenvalue weighted by Gasteiger charge is 2.15. The number of hydrogen-bond acceptors (Lipinski definition) is 6. The van der Waals surface area contributed by atoms with Crippen LogP contribution in [-0.4, -0.2) is 31.4 Å². The monoisotopic (exact) mass is 410 g/mol. The molecule has 0 radical (unpaired) electrons. The molecule has 3 aromatic rings. The maximum atomic E-state index is 12.3. The maximum Gasteiger partial charge on any atom is 0.264 e. The summed E-state index contributed by atoms with van der Waals surface area (Å²) in [5, 5.41) is 2.67. The molecule has 0 unspecified atom stereocenters. The number of methoxy groups -OCH3 is 1. The van der Waals surface area contributed by atoms with Gasteiger partial charge in [-0.15, -0.1) is 0 Å². The molecular weight excluding hydrogens is 392 g/mol. The number of benzene rings is 2. The first-order valence-electron chi connectivity index (χ1n) is 8.49. The summed E-state index contributed by atoms with van der Waals surface area (Å²) >= 11 is 0. The summed E-state index contributed by atoms with van der Waals surface area (Å²) in [6.07, 6.45) is 5.90. The summed E-state index contributed by atoms with van der Waals surface area (Å²) in [5.41, 5.74) is 1.27. The lowest BCUT2D eigenvalue weighted by molar-refractivity contribution is -0.111. The van der Waals surface area contributed by atoms with Crippen molar-refractivity contribution in [2.75, 3.05) is 17.1 Å². The van der Waals surface area contributed by atoms with Crippen molar-refractivity contribution in [3.05, 3.63) is 78.6 Å². The second-order valence-corrected chi connectivity index (χ2v) is 7.48. The lowest BCUT2D eigenvalue weighted by atomic mass is 10.2. The van der Waals surface area contributed by atoms with Crippen LogP contribution in [0.15, 0.2) is 78.0 Å². The van der Waals surface area contributed by atoms with Crippen LogP contribution >= 0.6 is 0 Å². The minimum absolute atomic E-state index is 0.0208. The van der Waals surface area contributed by atoms with Crippen molar-refractivity contribution in [3.63, 3.8) is 0 Å². The number of anilines is 2. The molecule has 0 spiro atoms. The number of nitrogens with one attached hydrogen (secondary N) is 2. The number of aromatic nitrogens is 2. The van der Waals surface area contributed by atoms with Crippen LogP contribution in [0.25, 0.3) is 6.08 Å². The predicted octanol–water partition coefficient (Wildman–Crippen LogP) is 2.94. The van der Waals surface area contributed by atoms with E-state index in [1.165, 1.54) is 42.7 Å². The van der Waals surface area contributed by atoms with Crippen LogP contribution in [-0.2, 0) is 14.8 Å². The fourth-order valence-corrected chi connectivity index (χ4v) is 3.31. The standard InChI is InChI=1S/C20H18N4O4S/c1-28-17-5-2-4-15(14-17)6-11-19(25)23-16-7-9-18(10-8-16)29(26,27)24-20-21-12-3-13-22-20/h2-14H,1H3,(H,23,25)(H,21,22,24). The fourth-order valence-electron chi connectivity index (χ4n) is 2.35. The summed E-state index contributed by atoms with van der Waals surface area (Å²) in [4.78, 5) is 19.8. The van der Waals surface area contributed by atoms with E-state index in [2.05, 4.69) is 20.0 Å². The van der Waals surface area contributed by atoms with E-state index in [0.29, 0.717) is 11.4 Å². The largest absolute Gasteiger partial charge is 0.497 e. The number of carbonyl (C=O) groups is 1. The summed E-state index contributed by atoms with van der Waals surface area (Å²) in [6.45, 7) is 0. The molecule has 0 saturated carbocycles. The number of nitrogens with zero attached hydrogens (tertiary/aromatic N) is 2. The van der Waals surface area contributed by atoms with E-state index < -0.39 is 10.0 Å². The molecule has 0 fully saturated rings. The van der Waals surface area contributed by atoms with Crippen molar-refractivity contribution in [2.24, 2.45) is 0 Å². The van der Waals surface area contributed by atoms with Gasteiger partial charge in [0.1, 0.15) is 5.75 Å². The topological polar surface area (TPSA) is 110 Å². The summed E-state index contributed by atoms with van der Waals surface area (Å²) in [7, 11) is -2.25. The van der Waals surface area contributed by atoms with E-state index in [1.807, 2.05) is 18.2 Å². The molecule has 8 nitrogen and oxygen atoms in total. The molecule has 29 heavy (non-hydrogen) atoms. The van der Waals surface area contributed by atoms with Gasteiger partial charge in [0.2, 0.25) is 11.9 Å². The highest BCUT2D eigenvalue weighted by atomic mass is 32.2. The lowest BCUT2D eigenvalue weighted by Crippen LogP contribution is -2.15. The Bertz CT molecular complexity index is 1110. The van der Waals surface area contributed by atoms with Gasteiger partial charge in [0, 0.05) is 24.2 Å². The minimum Gasteiger partial charge on any atom is -0.497 e. The zero-order chi connectivity index (χ0) is 20.7. The first kappa shape index (κ1) is 20.0. The van der Waals surface area contributed by atoms with Gasteiger partial charge in [-0.05, 0) is 54.1 Å². The second-order valence-electron chi connectivity index (χ2n) is 5.80. The number of rotatable bonds is 7. The van der Waals surface area contributed by atoms with Crippen molar-refractivity contribution in [2.45, 2.75) is 4.90 Å². The molecule has 1 aromatic heterocycles. The van der Waals surface area contributed by atoms with E-state index >= 15 is 0 Å². The van der Waals surface area contributed by atoms with E-state index in [1.54, 1.807) is 25.3 Å². The van der Waals surface area contributed by atoms with Gasteiger partial charge in [0.25, 0.3) is 10.0 Å². The van der Waals surface area contributed by atoms with Crippen LogP contribution in [0.2, 0.25) is 0 Å². The predicted molar refractivity (Wildman–Crippen MR) is 110 cm³/mol. The van der Waals surface area contributed by atoms with Gasteiger partial charge in [0.15, 0.2) is 0 Å². The zero-order valence-electron chi connectivity index (χ0n) is 15.4. The Labute approximate surface area is 168 Å². The van der Waals surface area contributed by atoms with Crippen molar-refractivity contribution in [3.8, 4) is 5.75 Å². The summed E-state index contributed by atoms with van der Waals surface area (Å²) < 4.78 is 32.1. The number of ether oxygens (including phenoxy) is 1. The first-order valence-corrected chi connectivity index (χ1v) is 9.97. The second kappa shape index (κ2) is 8.98. The van der Waals surface area contributed by atoms with Gasteiger partial charge in [-0.2, -0.15) is 0 Å². The van der Waals surface area contributed by atoms with Crippen LogP contribution < -0.4 is 14.8 Å². The van der Waals surface area contributed by atoms with Crippen LogP contribution in [0.3, 0.4) is 0 Å². The van der Waals surface area contributed by atoms with E-state index in [9.17, 15) is 13.2 Å². The van der Waals surface area contributed by atoms with Gasteiger partial charge in [-0.1, -0.05) is 12.1 Å². The molecule has 0 bridgehead atoms. The molecule has 0 saturated heterocycles. The molecule has 2 aromatic carbocycles.